The molecule has 1 aliphatic rings. The molecule has 35 valence electrons. The number of hydrogen-bond donors (Lipinski definition) is 0. The van der Waals surface area contributed by atoms with Crippen molar-refractivity contribution >= 4 is 29.6 Å². The Morgan fingerprint density at radius 1 is 1.33 bits per heavy atom. The molecule has 0 nitrogen and oxygen atoms in total. The average molecular weight is 140 g/mol. The minimum atomic E-state index is -0.896. The third-order valence-electron chi connectivity index (χ3n) is 0.886. The summed E-state index contributed by atoms with van der Waals surface area (Å²) in [7, 11) is -0.896. The van der Waals surface area contributed by atoms with Crippen LogP contribution in [0.4, 0.5) is 0 Å². The van der Waals surface area contributed by atoms with Gasteiger partial charge in [0.1, 0.15) is 0 Å². The van der Waals surface area contributed by atoms with Gasteiger partial charge in [-0.1, -0.05) is 12.8 Å². The molecule has 0 spiro atoms. The summed E-state index contributed by atoms with van der Waals surface area (Å²) in [6, 6.07) is 0. The van der Waals surface area contributed by atoms with Crippen molar-refractivity contribution in [2.75, 3.05) is 0 Å². The van der Waals surface area contributed by atoms with Gasteiger partial charge in [-0.25, -0.2) is 0 Å². The Kier molecular flexibility index (Phi) is 1.42. The molecule has 0 unspecified atom stereocenters. The summed E-state index contributed by atoms with van der Waals surface area (Å²) in [5, 5.41) is 0. The molecule has 3 heteroatoms. The summed E-state index contributed by atoms with van der Waals surface area (Å²) in [5.41, 5.74) is 0.735. The van der Waals surface area contributed by atoms with Crippen LogP contribution in [0.3, 0.4) is 0 Å². The number of rotatable bonds is 1. The standard InChI is InChI=1S/C3H5Cl2Si/c4-6(5)3-1-2-3/h3H,1-2H2. The molecule has 0 bridgehead atoms. The molecule has 0 N–H and O–H groups in total. The normalized spacial score (nSPS) is 22.5. The molecule has 0 aromatic heterocycles. The van der Waals surface area contributed by atoms with Gasteiger partial charge in [0.25, 0.3) is 7.42 Å². The zero-order chi connectivity index (χ0) is 4.57. The Hall–Kier alpha value is 0.797. The Morgan fingerprint density at radius 2 is 1.83 bits per heavy atom. The predicted molar refractivity (Wildman–Crippen MR) is 30.4 cm³/mol. The van der Waals surface area contributed by atoms with Gasteiger partial charge in [-0.15, -0.1) is 22.2 Å². The first-order valence-electron chi connectivity index (χ1n) is 1.98. The van der Waals surface area contributed by atoms with Crippen LogP contribution >= 0.6 is 22.2 Å². The molecular formula is C3H5Cl2Si. The van der Waals surface area contributed by atoms with Gasteiger partial charge in [-0.3, -0.25) is 0 Å². The van der Waals surface area contributed by atoms with Gasteiger partial charge in [0.2, 0.25) is 0 Å². The zero-order valence-corrected chi connectivity index (χ0v) is 5.76. The molecule has 6 heavy (non-hydrogen) atoms. The third-order valence-corrected chi connectivity index (χ3v) is 3.93. The fraction of sp³-hybridized carbons (Fsp3) is 1.00. The fourth-order valence-corrected chi connectivity index (χ4v) is 2.21. The molecule has 0 saturated heterocycles. The van der Waals surface area contributed by atoms with Gasteiger partial charge in [-0.05, 0) is 5.54 Å². The molecule has 0 amide bonds. The van der Waals surface area contributed by atoms with Crippen molar-refractivity contribution in [1.82, 2.24) is 0 Å². The lowest BCUT2D eigenvalue weighted by Crippen LogP contribution is -1.87. The summed E-state index contributed by atoms with van der Waals surface area (Å²) >= 11 is 11.1. The molecule has 1 radical (unpaired) electrons. The van der Waals surface area contributed by atoms with Gasteiger partial charge in [0, 0.05) is 0 Å². The molecule has 1 rings (SSSR count). The molecule has 1 fully saturated rings. The molecule has 0 atom stereocenters. The minimum Gasteiger partial charge on any atom is -0.146 e. The van der Waals surface area contributed by atoms with Crippen molar-refractivity contribution < 1.29 is 0 Å². The summed E-state index contributed by atoms with van der Waals surface area (Å²) in [4.78, 5) is 0. The maximum Gasteiger partial charge on any atom is 0.277 e. The van der Waals surface area contributed by atoms with E-state index in [1.54, 1.807) is 0 Å². The number of hydrogen-bond acceptors (Lipinski definition) is 0. The largest absolute Gasteiger partial charge is 0.277 e. The van der Waals surface area contributed by atoms with Crippen molar-refractivity contribution in [2.24, 2.45) is 0 Å². The van der Waals surface area contributed by atoms with Crippen molar-refractivity contribution in [3.63, 3.8) is 0 Å². The highest BCUT2D eigenvalue weighted by Gasteiger charge is 2.30. The summed E-state index contributed by atoms with van der Waals surface area (Å²) in [6.45, 7) is 0. The van der Waals surface area contributed by atoms with E-state index in [-0.39, 0.29) is 0 Å². The smallest absolute Gasteiger partial charge is 0.146 e. The third kappa shape index (κ3) is 1.14. The van der Waals surface area contributed by atoms with Gasteiger partial charge in [0.15, 0.2) is 0 Å². The van der Waals surface area contributed by atoms with E-state index in [1.165, 1.54) is 12.8 Å². The molecule has 1 aliphatic carbocycles. The second-order valence-electron chi connectivity index (χ2n) is 1.56. The molecule has 0 aromatic carbocycles. The van der Waals surface area contributed by atoms with Crippen LogP contribution in [0.2, 0.25) is 5.54 Å². The van der Waals surface area contributed by atoms with Crippen LogP contribution in [-0.4, -0.2) is 7.42 Å². The molecule has 1 saturated carbocycles. The van der Waals surface area contributed by atoms with Crippen molar-refractivity contribution in [1.29, 1.82) is 0 Å². The Labute approximate surface area is 48.5 Å². The first kappa shape index (κ1) is 4.94. The van der Waals surface area contributed by atoms with Crippen molar-refractivity contribution in [3.8, 4) is 0 Å². The van der Waals surface area contributed by atoms with Crippen LogP contribution < -0.4 is 0 Å². The van der Waals surface area contributed by atoms with E-state index in [1.807, 2.05) is 0 Å². The summed E-state index contributed by atoms with van der Waals surface area (Å²) in [6.07, 6.45) is 2.56. The first-order chi connectivity index (χ1) is 2.80. The second kappa shape index (κ2) is 1.72. The second-order valence-corrected chi connectivity index (χ2v) is 5.98. The fourth-order valence-electron chi connectivity index (χ4n) is 0.302. The number of halogens is 2. The Bertz CT molecular complexity index is 50.8. The highest BCUT2D eigenvalue weighted by Crippen LogP contribution is 2.41. The average Bonchev–Trinajstić information content (AvgIpc) is 2.06. The SMILES string of the molecule is Cl[Si](Cl)C1CC1. The summed E-state index contributed by atoms with van der Waals surface area (Å²) < 4.78 is 0. The monoisotopic (exact) mass is 139 g/mol. The van der Waals surface area contributed by atoms with E-state index >= 15 is 0 Å². The molecular weight excluding hydrogens is 135 g/mol. The van der Waals surface area contributed by atoms with E-state index in [9.17, 15) is 0 Å². The van der Waals surface area contributed by atoms with Crippen LogP contribution in [0.15, 0.2) is 0 Å². The van der Waals surface area contributed by atoms with Gasteiger partial charge in [0.05, 0.1) is 0 Å². The van der Waals surface area contributed by atoms with Crippen molar-refractivity contribution in [2.45, 2.75) is 18.4 Å². The predicted octanol–water partition coefficient (Wildman–Crippen LogP) is 2.12. The highest BCUT2D eigenvalue weighted by atomic mass is 35.7. The molecule has 0 aromatic rings. The van der Waals surface area contributed by atoms with E-state index in [0.29, 0.717) is 0 Å². The van der Waals surface area contributed by atoms with Gasteiger partial charge in [-0.2, -0.15) is 0 Å². The summed E-state index contributed by atoms with van der Waals surface area (Å²) in [5.74, 6) is 0. The zero-order valence-electron chi connectivity index (χ0n) is 3.25. The van der Waals surface area contributed by atoms with Crippen LogP contribution in [0.25, 0.3) is 0 Å². The van der Waals surface area contributed by atoms with E-state index in [2.05, 4.69) is 0 Å². The quantitative estimate of drug-likeness (QED) is 0.386. The first-order valence-corrected chi connectivity index (χ1v) is 5.58. The Balaban J connectivity index is 2.13. The van der Waals surface area contributed by atoms with Crippen LogP contribution in [0, 0.1) is 0 Å². The van der Waals surface area contributed by atoms with Crippen LogP contribution in [0.1, 0.15) is 12.8 Å². The lowest BCUT2D eigenvalue weighted by molar-refractivity contribution is 1.46. The van der Waals surface area contributed by atoms with Gasteiger partial charge < -0.3 is 0 Å². The van der Waals surface area contributed by atoms with E-state index < -0.39 is 7.42 Å². The van der Waals surface area contributed by atoms with E-state index in [0.717, 1.165) is 5.54 Å². The van der Waals surface area contributed by atoms with Crippen molar-refractivity contribution in [3.05, 3.63) is 0 Å². The maximum atomic E-state index is 5.54. The lowest BCUT2D eigenvalue weighted by atomic mass is 11.0. The topological polar surface area (TPSA) is 0 Å². The lowest BCUT2D eigenvalue weighted by Gasteiger charge is -1.83. The van der Waals surface area contributed by atoms with E-state index in [4.69, 9.17) is 22.2 Å². The Morgan fingerprint density at radius 3 is 1.83 bits per heavy atom. The maximum absolute atomic E-state index is 5.54. The molecule has 0 aliphatic heterocycles. The minimum absolute atomic E-state index is 0.735. The van der Waals surface area contributed by atoms with Gasteiger partial charge >= 0.3 is 0 Å². The van der Waals surface area contributed by atoms with Crippen LogP contribution in [0.5, 0.6) is 0 Å². The molecule has 0 heterocycles. The van der Waals surface area contributed by atoms with Crippen LogP contribution in [-0.2, 0) is 0 Å². The highest BCUT2D eigenvalue weighted by molar-refractivity contribution is 7.34.